The van der Waals surface area contributed by atoms with Gasteiger partial charge in [0.25, 0.3) is 5.91 Å². The Balaban J connectivity index is 1.41. The number of rotatable bonds is 5. The van der Waals surface area contributed by atoms with Crippen LogP contribution in [0, 0.1) is 0 Å². The zero-order valence-corrected chi connectivity index (χ0v) is 15.9. The standard InChI is InChI=1S/C22H22N4O3/c27-20(25-18-8-3-5-16-6-4-10-23-21(16)18)15-24-22(28)17-7-1-2-9-19(17)26-11-13-29-14-12-26/h1-10H,11-15H2,(H,24,28)(H,25,27). The van der Waals surface area contributed by atoms with Crippen molar-refractivity contribution >= 4 is 34.1 Å². The second kappa shape index (κ2) is 8.70. The van der Waals surface area contributed by atoms with Crippen LogP contribution in [0.25, 0.3) is 10.9 Å². The van der Waals surface area contributed by atoms with Crippen LogP contribution in [0.1, 0.15) is 10.4 Å². The van der Waals surface area contributed by atoms with E-state index in [2.05, 4.69) is 20.5 Å². The Kier molecular flexibility index (Phi) is 5.67. The summed E-state index contributed by atoms with van der Waals surface area (Å²) in [6, 6.07) is 16.8. The molecule has 0 unspecified atom stereocenters. The van der Waals surface area contributed by atoms with E-state index in [1.54, 1.807) is 18.3 Å². The predicted octanol–water partition coefficient (Wildman–Crippen LogP) is 2.44. The lowest BCUT2D eigenvalue weighted by Crippen LogP contribution is -2.38. The molecule has 7 nitrogen and oxygen atoms in total. The number of hydrogen-bond acceptors (Lipinski definition) is 5. The van der Waals surface area contributed by atoms with E-state index in [9.17, 15) is 9.59 Å². The molecule has 0 spiro atoms. The lowest BCUT2D eigenvalue weighted by atomic mass is 10.1. The number of pyridine rings is 1. The molecule has 29 heavy (non-hydrogen) atoms. The first kappa shape index (κ1) is 18.9. The third kappa shape index (κ3) is 4.35. The maximum absolute atomic E-state index is 12.7. The van der Waals surface area contributed by atoms with Gasteiger partial charge in [-0.15, -0.1) is 0 Å². The van der Waals surface area contributed by atoms with E-state index < -0.39 is 0 Å². The molecule has 1 saturated heterocycles. The minimum absolute atomic E-state index is 0.125. The van der Waals surface area contributed by atoms with Crippen LogP contribution < -0.4 is 15.5 Å². The molecule has 4 rings (SSSR count). The van der Waals surface area contributed by atoms with Crippen molar-refractivity contribution in [1.29, 1.82) is 0 Å². The molecule has 1 fully saturated rings. The first-order valence-electron chi connectivity index (χ1n) is 9.56. The smallest absolute Gasteiger partial charge is 0.253 e. The molecule has 7 heteroatoms. The molecule has 2 heterocycles. The number of ether oxygens (including phenoxy) is 1. The van der Waals surface area contributed by atoms with Crippen LogP contribution in [-0.4, -0.2) is 49.6 Å². The van der Waals surface area contributed by atoms with Gasteiger partial charge in [0.15, 0.2) is 0 Å². The fourth-order valence-corrected chi connectivity index (χ4v) is 3.40. The summed E-state index contributed by atoms with van der Waals surface area (Å²) in [5, 5.41) is 6.48. The van der Waals surface area contributed by atoms with Gasteiger partial charge in [0.05, 0.1) is 36.5 Å². The summed E-state index contributed by atoms with van der Waals surface area (Å²) in [7, 11) is 0. The van der Waals surface area contributed by atoms with Crippen LogP contribution in [0.2, 0.25) is 0 Å². The minimum Gasteiger partial charge on any atom is -0.378 e. The molecule has 3 aromatic rings. The topological polar surface area (TPSA) is 83.6 Å². The van der Waals surface area contributed by atoms with Gasteiger partial charge in [-0.05, 0) is 24.3 Å². The van der Waals surface area contributed by atoms with Crippen LogP contribution in [0.3, 0.4) is 0 Å². The molecule has 1 aliphatic rings. The number of amides is 2. The number of carbonyl (C=O) groups excluding carboxylic acids is 2. The van der Waals surface area contributed by atoms with Crippen molar-refractivity contribution in [2.75, 3.05) is 43.1 Å². The quantitative estimate of drug-likeness (QED) is 0.699. The van der Waals surface area contributed by atoms with E-state index >= 15 is 0 Å². The third-order valence-corrected chi connectivity index (χ3v) is 4.82. The summed E-state index contributed by atoms with van der Waals surface area (Å²) in [5.41, 5.74) is 2.74. The molecule has 0 saturated carbocycles. The third-order valence-electron chi connectivity index (χ3n) is 4.82. The van der Waals surface area contributed by atoms with E-state index in [0.29, 0.717) is 30.0 Å². The Morgan fingerprint density at radius 3 is 2.66 bits per heavy atom. The van der Waals surface area contributed by atoms with Gasteiger partial charge in [0.1, 0.15) is 0 Å². The molecular weight excluding hydrogens is 368 g/mol. The Morgan fingerprint density at radius 2 is 1.79 bits per heavy atom. The van der Waals surface area contributed by atoms with Crippen LogP contribution in [0.5, 0.6) is 0 Å². The van der Waals surface area contributed by atoms with Gasteiger partial charge < -0.3 is 20.3 Å². The van der Waals surface area contributed by atoms with Crippen molar-refractivity contribution in [3.8, 4) is 0 Å². The van der Waals surface area contributed by atoms with E-state index in [1.165, 1.54) is 0 Å². The Labute approximate surface area is 168 Å². The van der Waals surface area contributed by atoms with E-state index in [1.807, 2.05) is 42.5 Å². The van der Waals surface area contributed by atoms with Gasteiger partial charge in [0, 0.05) is 30.4 Å². The highest BCUT2D eigenvalue weighted by atomic mass is 16.5. The van der Waals surface area contributed by atoms with Gasteiger partial charge in [-0.2, -0.15) is 0 Å². The number of hydrogen-bond donors (Lipinski definition) is 2. The Hall–Kier alpha value is -3.45. The molecule has 0 radical (unpaired) electrons. The number of aromatic nitrogens is 1. The average Bonchev–Trinajstić information content (AvgIpc) is 2.78. The van der Waals surface area contributed by atoms with E-state index in [0.717, 1.165) is 24.2 Å². The number of nitrogens with zero attached hydrogens (tertiary/aromatic N) is 2. The number of morpholine rings is 1. The van der Waals surface area contributed by atoms with Crippen molar-refractivity contribution in [2.45, 2.75) is 0 Å². The number of benzene rings is 2. The molecular formula is C22H22N4O3. The highest BCUT2D eigenvalue weighted by Crippen LogP contribution is 2.22. The second-order valence-corrected chi connectivity index (χ2v) is 6.73. The SMILES string of the molecule is O=C(CNC(=O)c1ccccc1N1CCOCC1)Nc1cccc2cccnc12. The lowest BCUT2D eigenvalue weighted by Gasteiger charge is -2.30. The van der Waals surface area contributed by atoms with Gasteiger partial charge in [-0.25, -0.2) is 0 Å². The van der Waals surface area contributed by atoms with E-state index in [4.69, 9.17) is 4.74 Å². The highest BCUT2D eigenvalue weighted by molar-refractivity contribution is 6.04. The number of nitrogens with one attached hydrogen (secondary N) is 2. The number of anilines is 2. The normalized spacial score (nSPS) is 13.9. The molecule has 2 aromatic carbocycles. The van der Waals surface area contributed by atoms with Crippen LogP contribution in [-0.2, 0) is 9.53 Å². The number of para-hydroxylation sites is 2. The number of fused-ring (bicyclic) bond motifs is 1. The zero-order valence-electron chi connectivity index (χ0n) is 15.9. The molecule has 2 amide bonds. The maximum Gasteiger partial charge on any atom is 0.253 e. The molecule has 2 N–H and O–H groups in total. The summed E-state index contributed by atoms with van der Waals surface area (Å²) < 4.78 is 5.39. The van der Waals surface area contributed by atoms with Crippen LogP contribution >= 0.6 is 0 Å². The second-order valence-electron chi connectivity index (χ2n) is 6.73. The first-order chi connectivity index (χ1) is 14.2. The van der Waals surface area contributed by atoms with Crippen LogP contribution in [0.15, 0.2) is 60.8 Å². The summed E-state index contributed by atoms with van der Waals surface area (Å²) in [4.78, 5) is 31.6. The first-order valence-corrected chi connectivity index (χ1v) is 9.56. The average molecular weight is 390 g/mol. The number of carbonyl (C=O) groups is 2. The fourth-order valence-electron chi connectivity index (χ4n) is 3.40. The zero-order chi connectivity index (χ0) is 20.1. The summed E-state index contributed by atoms with van der Waals surface area (Å²) in [5.74, 6) is -0.585. The molecule has 148 valence electrons. The van der Waals surface area contributed by atoms with Gasteiger partial charge >= 0.3 is 0 Å². The van der Waals surface area contributed by atoms with E-state index in [-0.39, 0.29) is 18.4 Å². The minimum atomic E-state index is -0.305. The molecule has 1 aromatic heterocycles. The van der Waals surface area contributed by atoms with Gasteiger partial charge in [0.2, 0.25) is 5.91 Å². The van der Waals surface area contributed by atoms with Crippen molar-refractivity contribution in [2.24, 2.45) is 0 Å². The van der Waals surface area contributed by atoms with Gasteiger partial charge in [-0.1, -0.05) is 30.3 Å². The molecule has 0 bridgehead atoms. The molecule has 1 aliphatic heterocycles. The van der Waals surface area contributed by atoms with Crippen molar-refractivity contribution in [1.82, 2.24) is 10.3 Å². The monoisotopic (exact) mass is 390 g/mol. The summed E-state index contributed by atoms with van der Waals surface area (Å²) in [6.07, 6.45) is 1.68. The van der Waals surface area contributed by atoms with Gasteiger partial charge in [-0.3, -0.25) is 14.6 Å². The Morgan fingerprint density at radius 1 is 1.00 bits per heavy atom. The summed E-state index contributed by atoms with van der Waals surface area (Å²) in [6.45, 7) is 2.62. The molecule has 0 aliphatic carbocycles. The highest BCUT2D eigenvalue weighted by Gasteiger charge is 2.19. The van der Waals surface area contributed by atoms with Crippen LogP contribution in [0.4, 0.5) is 11.4 Å². The maximum atomic E-state index is 12.7. The van der Waals surface area contributed by atoms with Crippen molar-refractivity contribution in [3.05, 3.63) is 66.4 Å². The predicted molar refractivity (Wildman–Crippen MR) is 112 cm³/mol. The largest absolute Gasteiger partial charge is 0.378 e. The van der Waals surface area contributed by atoms with Crippen molar-refractivity contribution in [3.63, 3.8) is 0 Å². The van der Waals surface area contributed by atoms with Crippen molar-refractivity contribution < 1.29 is 14.3 Å². The lowest BCUT2D eigenvalue weighted by molar-refractivity contribution is -0.115. The summed E-state index contributed by atoms with van der Waals surface area (Å²) >= 11 is 0. The fraction of sp³-hybridized carbons (Fsp3) is 0.227. The Bertz CT molecular complexity index is 1030. The molecule has 0 atom stereocenters.